The summed E-state index contributed by atoms with van der Waals surface area (Å²) < 4.78 is 5.65. The van der Waals surface area contributed by atoms with Gasteiger partial charge in [0.2, 0.25) is 0 Å². The third kappa shape index (κ3) is 4.75. The molecule has 11 rings (SSSR count). The van der Waals surface area contributed by atoms with Crippen LogP contribution in [-0.4, -0.2) is 18.5 Å². The first-order chi connectivity index (χ1) is 25.6. The van der Waals surface area contributed by atoms with Crippen LogP contribution in [0, 0.1) is 11.8 Å². The van der Waals surface area contributed by atoms with Crippen LogP contribution in [0.1, 0.15) is 46.5 Å². The highest BCUT2D eigenvalue weighted by molar-refractivity contribution is 14.2. The van der Waals surface area contributed by atoms with Crippen molar-refractivity contribution in [1.82, 2.24) is 15.0 Å². The average molecular weight is 798 g/mol. The van der Waals surface area contributed by atoms with Crippen molar-refractivity contribution in [2.24, 2.45) is 11.8 Å². The Morgan fingerprint density at radius 1 is 0.750 bits per heavy atom. The van der Waals surface area contributed by atoms with E-state index in [0.717, 1.165) is 46.2 Å². The Bertz CT molecular complexity index is 2800. The van der Waals surface area contributed by atoms with E-state index in [1.807, 2.05) is 17.4 Å². The second-order valence-corrected chi connectivity index (χ2v) is 18.8. The number of allylic oxidation sites excluding steroid dienone is 5. The molecular formula is C47H32IN3S. The van der Waals surface area contributed by atoms with Gasteiger partial charge in [-0.25, -0.2) is 15.0 Å². The molecule has 5 aromatic carbocycles. The van der Waals surface area contributed by atoms with E-state index in [9.17, 15) is 0 Å². The first kappa shape index (κ1) is 30.5. The lowest BCUT2D eigenvalue weighted by Crippen LogP contribution is -2.16. The summed E-state index contributed by atoms with van der Waals surface area (Å²) in [6.07, 6.45) is 12.3. The molecule has 1 saturated carbocycles. The van der Waals surface area contributed by atoms with Gasteiger partial charge in [-0.2, -0.15) is 0 Å². The van der Waals surface area contributed by atoms with E-state index < -0.39 is 0 Å². The van der Waals surface area contributed by atoms with E-state index in [-0.39, 0.29) is 26.6 Å². The Kier molecular flexibility index (Phi) is 6.87. The van der Waals surface area contributed by atoms with Crippen molar-refractivity contribution in [2.75, 3.05) is 0 Å². The second-order valence-electron chi connectivity index (χ2n) is 14.1. The van der Waals surface area contributed by atoms with Crippen molar-refractivity contribution in [1.29, 1.82) is 0 Å². The van der Waals surface area contributed by atoms with Gasteiger partial charge in [0.1, 0.15) is 5.82 Å². The molecule has 0 saturated heterocycles. The topological polar surface area (TPSA) is 38.7 Å². The molecule has 4 aliphatic rings. The molecule has 248 valence electrons. The van der Waals surface area contributed by atoms with E-state index in [1.54, 1.807) is 3.51 Å². The highest BCUT2D eigenvalue weighted by Gasteiger charge is 2.50. The highest BCUT2D eigenvalue weighted by Crippen LogP contribution is 2.56. The van der Waals surface area contributed by atoms with Gasteiger partial charge in [-0.15, -0.1) is 11.3 Å². The summed E-state index contributed by atoms with van der Waals surface area (Å²) in [5, 5.41) is 2.42. The molecule has 3 nitrogen and oxygen atoms in total. The van der Waals surface area contributed by atoms with Gasteiger partial charge in [0.25, 0.3) is 0 Å². The molecule has 0 spiro atoms. The van der Waals surface area contributed by atoms with Crippen LogP contribution in [0.2, 0.25) is 0 Å². The van der Waals surface area contributed by atoms with Crippen molar-refractivity contribution in [3.8, 4) is 33.9 Å². The second kappa shape index (κ2) is 11.7. The molecule has 3 heterocycles. The molecule has 0 radical (unpaired) electrons. The predicted molar refractivity (Wildman–Crippen MR) is 227 cm³/mol. The molecule has 0 N–H and O–H groups in total. The normalized spacial score (nSPS) is 19.3. The molecule has 1 aliphatic heterocycles. The van der Waals surface area contributed by atoms with E-state index in [1.165, 1.54) is 57.1 Å². The van der Waals surface area contributed by atoms with Crippen LogP contribution >= 0.6 is 32.1 Å². The number of rotatable bonds is 5. The molecule has 1 fully saturated rings. The van der Waals surface area contributed by atoms with Crippen molar-refractivity contribution in [3.63, 3.8) is 0 Å². The number of fused-ring (bicyclic) bond motifs is 6. The lowest BCUT2D eigenvalue weighted by Gasteiger charge is -2.28. The van der Waals surface area contributed by atoms with Gasteiger partial charge in [-0.1, -0.05) is 137 Å². The number of aromatic nitrogens is 3. The first-order valence-electron chi connectivity index (χ1n) is 17.9. The summed E-state index contributed by atoms with van der Waals surface area (Å²) in [5.74, 6) is 3.53. The van der Waals surface area contributed by atoms with Gasteiger partial charge in [-0.3, -0.25) is 0 Å². The van der Waals surface area contributed by atoms with Crippen LogP contribution in [0.4, 0.5) is 0 Å². The number of halogens is 1. The molecule has 5 heteroatoms. The van der Waals surface area contributed by atoms with Gasteiger partial charge in [0.05, 0.1) is 0 Å². The first-order valence-corrected chi connectivity index (χ1v) is 20.8. The van der Waals surface area contributed by atoms with Gasteiger partial charge in [-0.05, 0) is 94.6 Å². The molecule has 3 atom stereocenters. The minimum atomic E-state index is -0.145. The van der Waals surface area contributed by atoms with Crippen molar-refractivity contribution in [2.45, 2.75) is 19.3 Å². The van der Waals surface area contributed by atoms with Gasteiger partial charge in [0, 0.05) is 43.6 Å². The molecule has 0 bridgehead atoms. The number of benzene rings is 5. The van der Waals surface area contributed by atoms with E-state index >= 15 is 0 Å². The number of nitrogens with zero attached hydrogens (tertiary/aromatic N) is 3. The number of hydrogen-bond donors (Lipinski definition) is 0. The molecule has 3 aliphatic carbocycles. The molecule has 52 heavy (non-hydrogen) atoms. The van der Waals surface area contributed by atoms with Gasteiger partial charge >= 0.3 is 0 Å². The summed E-state index contributed by atoms with van der Waals surface area (Å²) in [6.45, 7) is 7.08. The van der Waals surface area contributed by atoms with Crippen LogP contribution in [0.25, 0.3) is 65.7 Å². The monoisotopic (exact) mass is 797 g/mol. The van der Waals surface area contributed by atoms with Crippen LogP contribution in [0.3, 0.4) is 0 Å². The predicted octanol–water partition coefficient (Wildman–Crippen LogP) is 12.2. The van der Waals surface area contributed by atoms with E-state index in [4.69, 9.17) is 21.5 Å². The fourth-order valence-corrected chi connectivity index (χ4v) is 12.7. The highest BCUT2D eigenvalue weighted by atomic mass is 127. The van der Waals surface area contributed by atoms with Crippen LogP contribution in [0.15, 0.2) is 138 Å². The Labute approximate surface area is 316 Å². The van der Waals surface area contributed by atoms with Crippen LogP contribution in [-0.2, 0) is 6.42 Å². The zero-order valence-corrected chi connectivity index (χ0v) is 31.4. The zero-order chi connectivity index (χ0) is 34.5. The van der Waals surface area contributed by atoms with E-state index in [0.29, 0.717) is 11.8 Å². The standard InChI is InChI=1S/C47H32IN3S/c1-26-23-30-13-8-18-33-32-17-9-16-31(37(32)25-39(48-26)42(30)33)27(2)29-21-22-40-38(24-29)43-36(19-10-20-41(43)52-40)46-49-45(28-11-4-3-5-12-28)50-47(51-46)44-34-14-6-7-15-35(34)44/h3-24,34-35,44H,2,25H2,1H3/t34-,35?,44?/m0/s1. The maximum absolute atomic E-state index is 5.25. The molecule has 2 unspecified atom stereocenters. The Balaban J connectivity index is 1.05. The maximum Gasteiger partial charge on any atom is 0.164 e. The fourth-order valence-electron chi connectivity index (χ4n) is 8.59. The number of thiophene rings is 1. The molecule has 2 aromatic heterocycles. The minimum absolute atomic E-state index is 0.145. The summed E-state index contributed by atoms with van der Waals surface area (Å²) in [4.78, 5) is 15.5. The Morgan fingerprint density at radius 3 is 2.38 bits per heavy atom. The van der Waals surface area contributed by atoms with Gasteiger partial charge < -0.3 is 0 Å². The summed E-state index contributed by atoms with van der Waals surface area (Å²) >= 11 is 1.68. The zero-order valence-electron chi connectivity index (χ0n) is 28.5. The third-order valence-corrected chi connectivity index (χ3v) is 15.0. The van der Waals surface area contributed by atoms with E-state index in [2.05, 4.69) is 134 Å². The summed E-state index contributed by atoms with van der Waals surface area (Å²) in [7, 11) is 0. The summed E-state index contributed by atoms with van der Waals surface area (Å²) in [5.41, 5.74) is 12.5. The maximum atomic E-state index is 5.25. The quantitative estimate of drug-likeness (QED) is 0.163. The van der Waals surface area contributed by atoms with Crippen molar-refractivity contribution in [3.05, 3.63) is 171 Å². The van der Waals surface area contributed by atoms with Crippen LogP contribution in [0.5, 0.6) is 0 Å². The van der Waals surface area contributed by atoms with Crippen molar-refractivity contribution >= 4 is 67.4 Å². The average Bonchev–Trinajstić information content (AvgIpc) is 3.80. The molecule has 0 amide bonds. The van der Waals surface area contributed by atoms with Crippen LogP contribution < -0.4 is 0 Å². The van der Waals surface area contributed by atoms with Gasteiger partial charge in [0.15, 0.2) is 11.6 Å². The SMILES string of the molecule is C=C(c1ccc2sc3cccc(-c4nc(-c5ccccc5)nc(C5C6C=CC=C[C@@H]65)n4)c3c2c1)c1cccc2c1CC1=IC(C)=Cc3cccc-2c31. The molecule has 7 aromatic rings. The molecular weight excluding hydrogens is 766 g/mol. The lowest BCUT2D eigenvalue weighted by atomic mass is 9.79. The fraction of sp³-hybridized carbons (Fsp3) is 0.106. The smallest absolute Gasteiger partial charge is 0.164 e. The minimum Gasteiger partial charge on any atom is -0.213 e. The Hall–Kier alpha value is -5.11. The third-order valence-electron chi connectivity index (χ3n) is 11.1. The number of hydrogen-bond acceptors (Lipinski definition) is 4. The Morgan fingerprint density at radius 2 is 1.52 bits per heavy atom. The summed E-state index contributed by atoms with van der Waals surface area (Å²) in [6, 6.07) is 37.4. The lowest BCUT2D eigenvalue weighted by molar-refractivity contribution is 0.858. The largest absolute Gasteiger partial charge is 0.213 e. The van der Waals surface area contributed by atoms with Crippen molar-refractivity contribution < 1.29 is 0 Å².